The SMILES string of the molecule is CCNC(=NCC(CCO)CC(C)C)NCCCn1nc2n(c1=O)CCCC2. The van der Waals surface area contributed by atoms with Gasteiger partial charge in [0.15, 0.2) is 5.96 Å². The highest BCUT2D eigenvalue weighted by Gasteiger charge is 2.16. The van der Waals surface area contributed by atoms with Crippen LogP contribution in [0, 0.1) is 11.8 Å². The number of hydrogen-bond acceptors (Lipinski definition) is 4. The van der Waals surface area contributed by atoms with Gasteiger partial charge in [0.25, 0.3) is 0 Å². The molecule has 8 heteroatoms. The Balaban J connectivity index is 1.82. The van der Waals surface area contributed by atoms with Gasteiger partial charge in [-0.05, 0) is 50.9 Å². The van der Waals surface area contributed by atoms with Crippen molar-refractivity contribution in [1.29, 1.82) is 0 Å². The molecule has 1 aliphatic heterocycles. The predicted molar refractivity (Wildman–Crippen MR) is 113 cm³/mol. The molecule has 0 bridgehead atoms. The zero-order valence-corrected chi connectivity index (χ0v) is 17.8. The molecule has 1 aromatic rings. The first-order valence-corrected chi connectivity index (χ1v) is 10.8. The molecule has 3 N–H and O–H groups in total. The molecule has 0 radical (unpaired) electrons. The second kappa shape index (κ2) is 11.9. The van der Waals surface area contributed by atoms with Gasteiger partial charge in [-0.2, -0.15) is 5.10 Å². The lowest BCUT2D eigenvalue weighted by molar-refractivity contribution is 0.245. The summed E-state index contributed by atoms with van der Waals surface area (Å²) < 4.78 is 3.42. The van der Waals surface area contributed by atoms with Crippen molar-refractivity contribution in [3.8, 4) is 0 Å². The average molecular weight is 395 g/mol. The van der Waals surface area contributed by atoms with Crippen molar-refractivity contribution in [2.75, 3.05) is 26.2 Å². The summed E-state index contributed by atoms with van der Waals surface area (Å²) in [5.41, 5.74) is 0.0239. The van der Waals surface area contributed by atoms with E-state index in [1.807, 2.05) is 11.5 Å². The monoisotopic (exact) mass is 394 g/mol. The van der Waals surface area contributed by atoms with Crippen LogP contribution < -0.4 is 16.3 Å². The van der Waals surface area contributed by atoms with Gasteiger partial charge in [0.1, 0.15) is 5.82 Å². The number of fused-ring (bicyclic) bond motifs is 1. The molecule has 8 nitrogen and oxygen atoms in total. The fourth-order valence-electron chi connectivity index (χ4n) is 3.72. The summed E-state index contributed by atoms with van der Waals surface area (Å²) in [5, 5.41) is 20.4. The van der Waals surface area contributed by atoms with Crippen LogP contribution in [0.25, 0.3) is 0 Å². The molecule has 0 amide bonds. The van der Waals surface area contributed by atoms with Gasteiger partial charge in [-0.15, -0.1) is 0 Å². The highest BCUT2D eigenvalue weighted by molar-refractivity contribution is 5.79. The van der Waals surface area contributed by atoms with E-state index in [0.717, 1.165) is 69.9 Å². The van der Waals surface area contributed by atoms with Crippen molar-refractivity contribution in [2.24, 2.45) is 16.8 Å². The summed E-state index contributed by atoms with van der Waals surface area (Å²) >= 11 is 0. The number of rotatable bonds is 11. The zero-order chi connectivity index (χ0) is 20.4. The summed E-state index contributed by atoms with van der Waals surface area (Å²) in [5.74, 6) is 2.72. The maximum absolute atomic E-state index is 12.4. The van der Waals surface area contributed by atoms with E-state index in [4.69, 9.17) is 4.99 Å². The lowest BCUT2D eigenvalue weighted by atomic mass is 9.94. The predicted octanol–water partition coefficient (Wildman–Crippen LogP) is 1.37. The van der Waals surface area contributed by atoms with E-state index < -0.39 is 0 Å². The van der Waals surface area contributed by atoms with Crippen LogP contribution in [-0.4, -0.2) is 51.7 Å². The van der Waals surface area contributed by atoms with Gasteiger partial charge in [-0.1, -0.05) is 13.8 Å². The molecule has 160 valence electrons. The molecule has 0 spiro atoms. The van der Waals surface area contributed by atoms with Crippen LogP contribution in [0.4, 0.5) is 0 Å². The molecule has 0 aromatic carbocycles. The first-order valence-electron chi connectivity index (χ1n) is 10.8. The van der Waals surface area contributed by atoms with Crippen LogP contribution in [0.15, 0.2) is 9.79 Å². The molecule has 2 heterocycles. The van der Waals surface area contributed by atoms with Crippen LogP contribution in [0.1, 0.15) is 58.7 Å². The van der Waals surface area contributed by atoms with E-state index >= 15 is 0 Å². The maximum atomic E-state index is 12.4. The number of guanidine groups is 1. The highest BCUT2D eigenvalue weighted by atomic mass is 16.3. The van der Waals surface area contributed by atoms with Crippen LogP contribution in [-0.2, 0) is 19.5 Å². The van der Waals surface area contributed by atoms with Crippen molar-refractivity contribution < 1.29 is 5.11 Å². The molecular weight excluding hydrogens is 356 g/mol. The average Bonchev–Trinajstić information content (AvgIpc) is 2.99. The summed E-state index contributed by atoms with van der Waals surface area (Å²) in [6.45, 7) is 10.3. The Bertz CT molecular complexity index is 664. The molecule has 0 fully saturated rings. The lowest BCUT2D eigenvalue weighted by Crippen LogP contribution is -2.38. The molecular formula is C20H38N6O2. The smallest absolute Gasteiger partial charge is 0.345 e. The van der Waals surface area contributed by atoms with Crippen molar-refractivity contribution >= 4 is 5.96 Å². The first-order chi connectivity index (χ1) is 13.5. The topological polar surface area (TPSA) is 96.5 Å². The third kappa shape index (κ3) is 6.96. The summed E-state index contributed by atoms with van der Waals surface area (Å²) in [6, 6.07) is 0. The molecule has 2 rings (SSSR count). The number of nitrogens with one attached hydrogen (secondary N) is 2. The summed E-state index contributed by atoms with van der Waals surface area (Å²) in [4.78, 5) is 17.1. The van der Waals surface area contributed by atoms with Crippen LogP contribution in [0.3, 0.4) is 0 Å². The van der Waals surface area contributed by atoms with Crippen LogP contribution in [0.2, 0.25) is 0 Å². The van der Waals surface area contributed by atoms with Gasteiger partial charge in [0.05, 0.1) is 0 Å². The van der Waals surface area contributed by atoms with Gasteiger partial charge in [0.2, 0.25) is 0 Å². The second-order valence-electron chi connectivity index (χ2n) is 8.04. The maximum Gasteiger partial charge on any atom is 0.345 e. The molecule has 0 saturated heterocycles. The van der Waals surface area contributed by atoms with Gasteiger partial charge in [-0.25, -0.2) is 9.48 Å². The standard InChI is InChI=1S/C20H38N6O2/c1-4-21-19(23-15-17(9-13-27)14-16(2)3)22-10-7-12-26-20(28)25-11-6-5-8-18(25)24-26/h16-17,27H,4-15H2,1-3H3,(H2,21,22,23). The van der Waals surface area contributed by atoms with E-state index in [-0.39, 0.29) is 12.3 Å². The fraction of sp³-hybridized carbons (Fsp3) is 0.850. The Kier molecular flexibility index (Phi) is 9.54. The number of hydrogen-bond donors (Lipinski definition) is 3. The molecule has 28 heavy (non-hydrogen) atoms. The third-order valence-corrected chi connectivity index (χ3v) is 5.06. The molecule has 1 atom stereocenters. The minimum Gasteiger partial charge on any atom is -0.396 e. The minimum atomic E-state index is 0.0239. The van der Waals surface area contributed by atoms with Gasteiger partial charge in [0, 0.05) is 45.8 Å². The Morgan fingerprint density at radius 3 is 2.82 bits per heavy atom. The third-order valence-electron chi connectivity index (χ3n) is 5.06. The second-order valence-corrected chi connectivity index (χ2v) is 8.04. The first kappa shape index (κ1) is 22.5. The van der Waals surface area contributed by atoms with Crippen molar-refractivity contribution in [3.05, 3.63) is 16.3 Å². The Labute approximate surface area is 168 Å². The molecule has 0 aliphatic carbocycles. The Hall–Kier alpha value is -1.83. The highest BCUT2D eigenvalue weighted by Crippen LogP contribution is 2.15. The molecule has 0 saturated carbocycles. The van der Waals surface area contributed by atoms with E-state index in [1.165, 1.54) is 0 Å². The normalized spacial score (nSPS) is 15.5. The van der Waals surface area contributed by atoms with Gasteiger partial charge in [-0.3, -0.25) is 9.56 Å². The van der Waals surface area contributed by atoms with E-state index in [0.29, 0.717) is 24.9 Å². The molecule has 1 unspecified atom stereocenters. The minimum absolute atomic E-state index is 0.0239. The number of aliphatic imine (C=N–C) groups is 1. The number of aromatic nitrogens is 3. The number of nitrogens with zero attached hydrogens (tertiary/aromatic N) is 4. The van der Waals surface area contributed by atoms with Crippen LogP contribution in [0.5, 0.6) is 0 Å². The summed E-state index contributed by atoms with van der Waals surface area (Å²) in [6.07, 6.45) is 5.76. The van der Waals surface area contributed by atoms with E-state index in [9.17, 15) is 9.90 Å². The largest absolute Gasteiger partial charge is 0.396 e. The number of aryl methyl sites for hydroxylation is 2. The van der Waals surface area contributed by atoms with E-state index in [1.54, 1.807) is 4.68 Å². The quantitative estimate of drug-likeness (QED) is 0.299. The number of aliphatic hydroxyl groups is 1. The molecule has 1 aliphatic rings. The number of aliphatic hydroxyl groups excluding tert-OH is 1. The van der Waals surface area contributed by atoms with Crippen LogP contribution >= 0.6 is 0 Å². The summed E-state index contributed by atoms with van der Waals surface area (Å²) in [7, 11) is 0. The van der Waals surface area contributed by atoms with Crippen molar-refractivity contribution in [1.82, 2.24) is 25.0 Å². The van der Waals surface area contributed by atoms with Gasteiger partial charge < -0.3 is 15.7 Å². The van der Waals surface area contributed by atoms with Gasteiger partial charge >= 0.3 is 5.69 Å². The van der Waals surface area contributed by atoms with Crippen molar-refractivity contribution in [3.63, 3.8) is 0 Å². The fourth-order valence-corrected chi connectivity index (χ4v) is 3.72. The van der Waals surface area contributed by atoms with E-state index in [2.05, 4.69) is 29.6 Å². The Morgan fingerprint density at radius 1 is 1.32 bits per heavy atom. The van der Waals surface area contributed by atoms with Crippen molar-refractivity contribution in [2.45, 2.75) is 72.4 Å². The Morgan fingerprint density at radius 2 is 2.14 bits per heavy atom. The molecule has 1 aromatic heterocycles. The lowest BCUT2D eigenvalue weighted by Gasteiger charge is -2.17. The zero-order valence-electron chi connectivity index (χ0n) is 17.8.